The Kier molecular flexibility index (Phi) is 4.28. The molecular weight excluding hydrogens is 352 g/mol. The summed E-state index contributed by atoms with van der Waals surface area (Å²) in [6, 6.07) is 9.62. The molecule has 2 aliphatic heterocycles. The number of carbonyl (C=O) groups excluding carboxylic acids is 1. The SMILES string of the molecule is Cc1nc(-c2ccccc2)c(C(=O)N2C[C@H]3COCC[C@@]3(C(=O)O)C2)s1. The van der Waals surface area contributed by atoms with E-state index in [1.54, 1.807) is 4.90 Å². The lowest BCUT2D eigenvalue weighted by Crippen LogP contribution is -2.45. The van der Waals surface area contributed by atoms with Crippen LogP contribution in [0.3, 0.4) is 0 Å². The molecule has 0 bridgehead atoms. The van der Waals surface area contributed by atoms with Crippen molar-refractivity contribution in [3.63, 3.8) is 0 Å². The number of amides is 1. The van der Waals surface area contributed by atoms with Crippen LogP contribution < -0.4 is 0 Å². The Morgan fingerprint density at radius 1 is 1.35 bits per heavy atom. The van der Waals surface area contributed by atoms with Gasteiger partial charge in [0, 0.05) is 31.2 Å². The van der Waals surface area contributed by atoms with Gasteiger partial charge in [-0.15, -0.1) is 11.3 Å². The third-order valence-electron chi connectivity index (χ3n) is 5.40. The molecule has 2 saturated heterocycles. The van der Waals surface area contributed by atoms with Crippen LogP contribution in [0.15, 0.2) is 30.3 Å². The normalized spacial score (nSPS) is 25.1. The third-order valence-corrected chi connectivity index (χ3v) is 6.35. The largest absolute Gasteiger partial charge is 0.481 e. The summed E-state index contributed by atoms with van der Waals surface area (Å²) in [6.07, 6.45) is 0.448. The predicted molar refractivity (Wildman–Crippen MR) is 97.2 cm³/mol. The number of fused-ring (bicyclic) bond motifs is 1. The van der Waals surface area contributed by atoms with Crippen LogP contribution in [0.25, 0.3) is 11.3 Å². The molecule has 1 N–H and O–H groups in total. The monoisotopic (exact) mass is 372 g/mol. The van der Waals surface area contributed by atoms with Crippen molar-refractivity contribution in [1.29, 1.82) is 0 Å². The van der Waals surface area contributed by atoms with Crippen molar-refractivity contribution in [1.82, 2.24) is 9.88 Å². The van der Waals surface area contributed by atoms with Crippen LogP contribution in [-0.4, -0.2) is 53.2 Å². The summed E-state index contributed by atoms with van der Waals surface area (Å²) in [5, 5.41) is 10.6. The van der Waals surface area contributed by atoms with E-state index in [-0.39, 0.29) is 18.4 Å². The van der Waals surface area contributed by atoms with Crippen molar-refractivity contribution in [2.24, 2.45) is 11.3 Å². The molecule has 0 saturated carbocycles. The Balaban J connectivity index is 1.66. The highest BCUT2D eigenvalue weighted by Gasteiger charge is 2.55. The maximum Gasteiger partial charge on any atom is 0.311 e. The molecule has 26 heavy (non-hydrogen) atoms. The van der Waals surface area contributed by atoms with Gasteiger partial charge in [-0.2, -0.15) is 0 Å². The minimum atomic E-state index is -0.888. The molecule has 2 aliphatic rings. The minimum Gasteiger partial charge on any atom is -0.481 e. The number of aryl methyl sites for hydroxylation is 1. The van der Waals surface area contributed by atoms with Crippen LogP contribution in [0.2, 0.25) is 0 Å². The van der Waals surface area contributed by atoms with E-state index in [9.17, 15) is 14.7 Å². The van der Waals surface area contributed by atoms with E-state index in [1.807, 2.05) is 37.3 Å². The topological polar surface area (TPSA) is 79.7 Å². The molecule has 1 amide bonds. The van der Waals surface area contributed by atoms with Gasteiger partial charge in [0.15, 0.2) is 0 Å². The van der Waals surface area contributed by atoms with Gasteiger partial charge in [-0.25, -0.2) is 4.98 Å². The zero-order valence-electron chi connectivity index (χ0n) is 14.5. The Morgan fingerprint density at radius 2 is 2.12 bits per heavy atom. The number of carboxylic acids is 1. The highest BCUT2D eigenvalue weighted by atomic mass is 32.1. The molecule has 1 aromatic carbocycles. The number of hydrogen-bond acceptors (Lipinski definition) is 5. The lowest BCUT2D eigenvalue weighted by atomic mass is 9.74. The number of hydrogen-bond donors (Lipinski definition) is 1. The predicted octanol–water partition coefficient (Wildman–Crippen LogP) is 2.68. The summed E-state index contributed by atoms with van der Waals surface area (Å²) in [7, 11) is 0. The number of aliphatic carboxylic acids is 1. The molecule has 0 radical (unpaired) electrons. The molecule has 0 unspecified atom stereocenters. The molecular formula is C19H20N2O4S. The highest BCUT2D eigenvalue weighted by Crippen LogP contribution is 2.43. The van der Waals surface area contributed by atoms with Crippen LogP contribution in [0.1, 0.15) is 21.1 Å². The fourth-order valence-electron chi connectivity index (χ4n) is 3.96. The summed E-state index contributed by atoms with van der Waals surface area (Å²) >= 11 is 1.36. The second kappa shape index (κ2) is 6.48. The van der Waals surface area contributed by atoms with Crippen LogP contribution in [0.5, 0.6) is 0 Å². The van der Waals surface area contributed by atoms with Gasteiger partial charge >= 0.3 is 5.97 Å². The number of carbonyl (C=O) groups is 2. The zero-order valence-corrected chi connectivity index (χ0v) is 15.3. The lowest BCUT2D eigenvalue weighted by molar-refractivity contribution is -0.157. The molecule has 0 aliphatic carbocycles. The van der Waals surface area contributed by atoms with Crippen molar-refractivity contribution in [2.75, 3.05) is 26.3 Å². The van der Waals surface area contributed by atoms with Crippen LogP contribution in [-0.2, 0) is 9.53 Å². The van der Waals surface area contributed by atoms with Crippen molar-refractivity contribution in [3.8, 4) is 11.3 Å². The van der Waals surface area contributed by atoms with Crippen molar-refractivity contribution >= 4 is 23.2 Å². The Morgan fingerprint density at radius 3 is 2.81 bits per heavy atom. The molecule has 0 spiro atoms. The number of carboxylic acid groups (broad SMARTS) is 1. The summed E-state index contributed by atoms with van der Waals surface area (Å²) in [5.41, 5.74) is 0.683. The van der Waals surface area contributed by atoms with E-state index in [4.69, 9.17) is 4.74 Å². The number of nitrogens with zero attached hydrogens (tertiary/aromatic N) is 2. The maximum atomic E-state index is 13.2. The Hall–Kier alpha value is -2.25. The quantitative estimate of drug-likeness (QED) is 0.896. The standard InChI is InChI=1S/C19H20N2O4S/c1-12-20-15(13-5-3-2-4-6-13)16(26-12)17(22)21-9-14-10-25-8-7-19(14,11-21)18(23)24/h2-6,14H,7-11H2,1H3,(H,23,24)/t14-,19+/m0/s1. The van der Waals surface area contributed by atoms with E-state index in [0.717, 1.165) is 10.6 Å². The molecule has 6 nitrogen and oxygen atoms in total. The first kappa shape index (κ1) is 17.2. The first-order chi connectivity index (χ1) is 12.5. The Bertz CT molecular complexity index is 850. The van der Waals surface area contributed by atoms with E-state index < -0.39 is 11.4 Å². The van der Waals surface area contributed by atoms with E-state index in [0.29, 0.717) is 36.8 Å². The Labute approximate surface area is 155 Å². The maximum absolute atomic E-state index is 13.2. The lowest BCUT2D eigenvalue weighted by Gasteiger charge is -2.33. The minimum absolute atomic E-state index is 0.135. The smallest absolute Gasteiger partial charge is 0.311 e. The van der Waals surface area contributed by atoms with Gasteiger partial charge in [-0.3, -0.25) is 9.59 Å². The van der Waals surface area contributed by atoms with E-state index >= 15 is 0 Å². The fraction of sp³-hybridized carbons (Fsp3) is 0.421. The van der Waals surface area contributed by atoms with Crippen LogP contribution >= 0.6 is 11.3 Å². The first-order valence-electron chi connectivity index (χ1n) is 8.64. The highest BCUT2D eigenvalue weighted by molar-refractivity contribution is 7.14. The molecule has 1 aromatic heterocycles. The van der Waals surface area contributed by atoms with Gasteiger partial charge in [0.2, 0.25) is 0 Å². The van der Waals surface area contributed by atoms with Gasteiger partial charge in [-0.1, -0.05) is 30.3 Å². The number of ether oxygens (including phenoxy) is 1. The molecule has 3 heterocycles. The molecule has 2 fully saturated rings. The van der Waals surface area contributed by atoms with Gasteiger partial charge in [0.1, 0.15) is 4.88 Å². The number of likely N-dealkylation sites (tertiary alicyclic amines) is 1. The van der Waals surface area contributed by atoms with Gasteiger partial charge < -0.3 is 14.7 Å². The average molecular weight is 372 g/mol. The van der Waals surface area contributed by atoms with Crippen LogP contribution in [0, 0.1) is 18.3 Å². The summed E-state index contributed by atoms with van der Waals surface area (Å²) in [4.78, 5) is 32.0. The number of rotatable bonds is 3. The number of aromatic nitrogens is 1. The van der Waals surface area contributed by atoms with Gasteiger partial charge in [0.05, 0.1) is 22.7 Å². The summed E-state index contributed by atoms with van der Waals surface area (Å²) < 4.78 is 5.48. The first-order valence-corrected chi connectivity index (χ1v) is 9.46. The second-order valence-corrected chi connectivity index (χ2v) is 8.15. The third kappa shape index (κ3) is 2.71. The average Bonchev–Trinajstić information content (AvgIpc) is 3.23. The summed E-state index contributed by atoms with van der Waals surface area (Å²) in [6.45, 7) is 3.35. The number of benzene rings is 1. The van der Waals surface area contributed by atoms with Gasteiger partial charge in [-0.05, 0) is 13.3 Å². The fourth-order valence-corrected chi connectivity index (χ4v) is 4.87. The molecule has 2 atom stereocenters. The van der Waals surface area contributed by atoms with E-state index in [1.165, 1.54) is 11.3 Å². The van der Waals surface area contributed by atoms with Crippen molar-refractivity contribution in [2.45, 2.75) is 13.3 Å². The molecule has 7 heteroatoms. The number of thiazole rings is 1. The van der Waals surface area contributed by atoms with Crippen molar-refractivity contribution < 1.29 is 19.4 Å². The molecule has 136 valence electrons. The molecule has 4 rings (SSSR count). The van der Waals surface area contributed by atoms with Crippen LogP contribution in [0.4, 0.5) is 0 Å². The molecule has 2 aromatic rings. The summed E-state index contributed by atoms with van der Waals surface area (Å²) in [5.74, 6) is -1.12. The van der Waals surface area contributed by atoms with Gasteiger partial charge in [0.25, 0.3) is 5.91 Å². The second-order valence-electron chi connectivity index (χ2n) is 6.95. The van der Waals surface area contributed by atoms with E-state index in [2.05, 4.69) is 4.98 Å². The zero-order chi connectivity index (χ0) is 18.3. The van der Waals surface area contributed by atoms with Crippen molar-refractivity contribution in [3.05, 3.63) is 40.2 Å².